The number of ether oxygens (including phenoxy) is 3. The predicted molar refractivity (Wildman–Crippen MR) is 109 cm³/mol. The van der Waals surface area contributed by atoms with E-state index in [4.69, 9.17) is 14.2 Å². The number of hydrogen-bond acceptors (Lipinski definition) is 6. The minimum absolute atomic E-state index is 0.00649. The van der Waals surface area contributed by atoms with Crippen LogP contribution in [0.5, 0.6) is 23.0 Å². The van der Waals surface area contributed by atoms with Crippen molar-refractivity contribution >= 4 is 22.9 Å². The fraction of sp³-hybridized carbons (Fsp3) is 0.182. The summed E-state index contributed by atoms with van der Waals surface area (Å²) in [5.41, 5.74) is 2.87. The molecule has 3 aromatic carbocycles. The second-order valence-electron chi connectivity index (χ2n) is 6.45. The van der Waals surface area contributed by atoms with Crippen LogP contribution in [0, 0.1) is 0 Å². The molecule has 1 aliphatic rings. The van der Waals surface area contributed by atoms with Crippen molar-refractivity contribution in [2.75, 3.05) is 13.2 Å². The number of rotatable bonds is 5. The highest BCUT2D eigenvalue weighted by Gasteiger charge is 2.27. The van der Waals surface area contributed by atoms with Gasteiger partial charge in [0.2, 0.25) is 6.10 Å². The minimum atomic E-state index is -0.824. The number of benzene rings is 3. The van der Waals surface area contributed by atoms with Gasteiger partial charge in [-0.1, -0.05) is 24.3 Å². The van der Waals surface area contributed by atoms with Crippen molar-refractivity contribution in [3.8, 4) is 23.0 Å². The standard InChI is InChI=1S/C22H20N2O5/c1-2-27-17-8-7-16(18(25)11-17)12-23-24-22(26)21-13-28-19-9-14-5-3-4-6-15(14)10-20(19)29-21/h3-12,21,25H,2,13H2,1H3,(H,24,26)/b23-12-. The predicted octanol–water partition coefficient (Wildman–Crippen LogP) is 3.23. The van der Waals surface area contributed by atoms with Crippen LogP contribution in [0.2, 0.25) is 0 Å². The van der Waals surface area contributed by atoms with Gasteiger partial charge in [-0.25, -0.2) is 5.43 Å². The Kier molecular flexibility index (Phi) is 5.20. The molecule has 29 heavy (non-hydrogen) atoms. The van der Waals surface area contributed by atoms with Crippen molar-refractivity contribution in [1.82, 2.24) is 5.43 Å². The van der Waals surface area contributed by atoms with Gasteiger partial charge in [-0.05, 0) is 42.0 Å². The van der Waals surface area contributed by atoms with Crippen LogP contribution in [0.25, 0.3) is 10.8 Å². The van der Waals surface area contributed by atoms with Crippen LogP contribution in [0.4, 0.5) is 0 Å². The Bertz CT molecular complexity index is 1080. The van der Waals surface area contributed by atoms with Gasteiger partial charge in [0, 0.05) is 11.6 Å². The van der Waals surface area contributed by atoms with Gasteiger partial charge < -0.3 is 19.3 Å². The summed E-state index contributed by atoms with van der Waals surface area (Å²) in [6.45, 7) is 2.45. The fourth-order valence-corrected chi connectivity index (χ4v) is 3.01. The number of hydrazone groups is 1. The normalized spacial score (nSPS) is 15.4. The van der Waals surface area contributed by atoms with E-state index >= 15 is 0 Å². The Hall–Kier alpha value is -3.74. The average molecular weight is 392 g/mol. The van der Waals surface area contributed by atoms with Crippen LogP contribution < -0.4 is 19.6 Å². The van der Waals surface area contributed by atoms with Crippen molar-refractivity contribution in [2.24, 2.45) is 5.10 Å². The SMILES string of the molecule is CCOc1ccc(/C=N\NC(=O)C2COc3cc4ccccc4cc3O2)c(O)c1. The molecule has 1 aliphatic heterocycles. The number of amides is 1. The Labute approximate surface area is 167 Å². The summed E-state index contributed by atoms with van der Waals surface area (Å²) < 4.78 is 16.8. The summed E-state index contributed by atoms with van der Waals surface area (Å²) in [4.78, 5) is 12.4. The quantitative estimate of drug-likeness (QED) is 0.514. The van der Waals surface area contributed by atoms with Crippen LogP contribution in [-0.4, -0.2) is 36.5 Å². The summed E-state index contributed by atoms with van der Waals surface area (Å²) in [6.07, 6.45) is 0.531. The molecule has 1 unspecified atom stereocenters. The number of fused-ring (bicyclic) bond motifs is 2. The Morgan fingerprint density at radius 1 is 1.21 bits per heavy atom. The van der Waals surface area contributed by atoms with Crippen molar-refractivity contribution in [1.29, 1.82) is 0 Å². The third-order valence-corrected chi connectivity index (χ3v) is 4.46. The molecule has 0 fully saturated rings. The number of aromatic hydroxyl groups is 1. The number of carbonyl (C=O) groups excluding carboxylic acids is 1. The molecule has 0 bridgehead atoms. The number of hydrogen-bond donors (Lipinski definition) is 2. The lowest BCUT2D eigenvalue weighted by molar-refractivity contribution is -0.130. The van der Waals surface area contributed by atoms with Crippen molar-refractivity contribution in [2.45, 2.75) is 13.0 Å². The zero-order chi connectivity index (χ0) is 20.2. The topological polar surface area (TPSA) is 89.4 Å². The Morgan fingerprint density at radius 2 is 1.97 bits per heavy atom. The lowest BCUT2D eigenvalue weighted by atomic mass is 10.1. The molecule has 0 spiro atoms. The second-order valence-corrected chi connectivity index (χ2v) is 6.45. The Balaban J connectivity index is 1.41. The molecule has 148 valence electrons. The number of nitrogens with one attached hydrogen (secondary N) is 1. The van der Waals surface area contributed by atoms with E-state index in [-0.39, 0.29) is 12.4 Å². The average Bonchev–Trinajstić information content (AvgIpc) is 2.73. The summed E-state index contributed by atoms with van der Waals surface area (Å²) in [7, 11) is 0. The third-order valence-electron chi connectivity index (χ3n) is 4.46. The molecule has 7 nitrogen and oxygen atoms in total. The largest absolute Gasteiger partial charge is 0.507 e. The number of phenolic OH excluding ortho intramolecular Hbond substituents is 1. The number of carbonyl (C=O) groups is 1. The summed E-state index contributed by atoms with van der Waals surface area (Å²) in [6, 6.07) is 16.5. The first kappa shape index (κ1) is 18.6. The molecule has 0 saturated heterocycles. The molecular weight excluding hydrogens is 372 g/mol. The molecule has 0 radical (unpaired) electrons. The zero-order valence-corrected chi connectivity index (χ0v) is 15.8. The summed E-state index contributed by atoms with van der Waals surface area (Å²) >= 11 is 0. The first-order valence-corrected chi connectivity index (χ1v) is 9.25. The molecule has 3 aromatic rings. The van der Waals surface area contributed by atoms with Crippen molar-refractivity contribution < 1.29 is 24.1 Å². The van der Waals surface area contributed by atoms with E-state index in [1.165, 1.54) is 12.3 Å². The lowest BCUT2D eigenvalue weighted by Crippen LogP contribution is -2.42. The maximum Gasteiger partial charge on any atom is 0.284 e. The maximum absolute atomic E-state index is 12.4. The molecule has 0 saturated carbocycles. The highest BCUT2D eigenvalue weighted by atomic mass is 16.6. The van der Waals surface area contributed by atoms with Gasteiger partial charge in [-0.15, -0.1) is 0 Å². The van der Waals surface area contributed by atoms with E-state index in [2.05, 4.69) is 10.5 Å². The fourth-order valence-electron chi connectivity index (χ4n) is 3.01. The van der Waals surface area contributed by atoms with Crippen LogP contribution in [0.1, 0.15) is 12.5 Å². The molecule has 7 heteroatoms. The molecule has 1 atom stereocenters. The smallest absolute Gasteiger partial charge is 0.284 e. The van der Waals surface area contributed by atoms with Crippen LogP contribution in [0.15, 0.2) is 59.7 Å². The highest BCUT2D eigenvalue weighted by Crippen LogP contribution is 2.35. The first-order chi connectivity index (χ1) is 14.1. The van der Waals surface area contributed by atoms with Gasteiger partial charge >= 0.3 is 0 Å². The molecular formula is C22H20N2O5. The molecule has 1 heterocycles. The van der Waals surface area contributed by atoms with Crippen LogP contribution in [0.3, 0.4) is 0 Å². The van der Waals surface area contributed by atoms with Gasteiger partial charge in [-0.3, -0.25) is 4.79 Å². The molecule has 0 aromatic heterocycles. The van der Waals surface area contributed by atoms with Crippen molar-refractivity contribution in [3.63, 3.8) is 0 Å². The van der Waals surface area contributed by atoms with Gasteiger partial charge in [0.05, 0.1) is 12.8 Å². The number of nitrogens with zero attached hydrogens (tertiary/aromatic N) is 1. The highest BCUT2D eigenvalue weighted by molar-refractivity contribution is 5.88. The van der Waals surface area contributed by atoms with Gasteiger partial charge in [-0.2, -0.15) is 5.10 Å². The van der Waals surface area contributed by atoms with E-state index in [1.54, 1.807) is 12.1 Å². The minimum Gasteiger partial charge on any atom is -0.507 e. The molecule has 4 rings (SSSR count). The van der Waals surface area contributed by atoms with Crippen LogP contribution >= 0.6 is 0 Å². The molecule has 1 amide bonds. The summed E-state index contributed by atoms with van der Waals surface area (Å²) in [5.74, 6) is 1.25. The third kappa shape index (κ3) is 4.08. The summed E-state index contributed by atoms with van der Waals surface area (Å²) in [5, 5.41) is 15.9. The van der Waals surface area contributed by atoms with E-state index < -0.39 is 12.0 Å². The van der Waals surface area contributed by atoms with Gasteiger partial charge in [0.25, 0.3) is 5.91 Å². The zero-order valence-electron chi connectivity index (χ0n) is 15.8. The maximum atomic E-state index is 12.4. The van der Waals surface area contributed by atoms with E-state index in [1.807, 2.05) is 43.3 Å². The lowest BCUT2D eigenvalue weighted by Gasteiger charge is -2.25. The van der Waals surface area contributed by atoms with Crippen molar-refractivity contribution in [3.05, 3.63) is 60.2 Å². The van der Waals surface area contributed by atoms with E-state index in [0.717, 1.165) is 10.8 Å². The van der Waals surface area contributed by atoms with Gasteiger partial charge in [0.1, 0.15) is 18.1 Å². The monoisotopic (exact) mass is 392 g/mol. The molecule has 0 aliphatic carbocycles. The van der Waals surface area contributed by atoms with Crippen LogP contribution in [-0.2, 0) is 4.79 Å². The Morgan fingerprint density at radius 3 is 2.69 bits per heavy atom. The van der Waals surface area contributed by atoms with E-state index in [9.17, 15) is 9.90 Å². The van der Waals surface area contributed by atoms with Gasteiger partial charge in [0.15, 0.2) is 11.5 Å². The first-order valence-electron chi connectivity index (χ1n) is 9.25. The van der Waals surface area contributed by atoms with E-state index in [0.29, 0.717) is 29.4 Å². The molecule has 2 N–H and O–H groups in total. The number of phenols is 1. The second kappa shape index (κ2) is 8.10.